The smallest absolute Gasteiger partial charge is 0.308 e. The van der Waals surface area contributed by atoms with Crippen molar-refractivity contribution < 1.29 is 14.7 Å². The Hall–Kier alpha value is -1.06. The van der Waals surface area contributed by atoms with Crippen LogP contribution in [0.15, 0.2) is 0 Å². The first-order valence-electron chi connectivity index (χ1n) is 8.09. The summed E-state index contributed by atoms with van der Waals surface area (Å²) >= 11 is 0. The maximum absolute atomic E-state index is 12.5. The zero-order chi connectivity index (χ0) is 14.5. The first-order valence-corrected chi connectivity index (χ1v) is 8.09. The highest BCUT2D eigenvalue weighted by Gasteiger charge is 2.31. The number of nitrogens with zero attached hydrogens (tertiary/aromatic N) is 1. The summed E-state index contributed by atoms with van der Waals surface area (Å²) in [5.41, 5.74) is 0. The van der Waals surface area contributed by atoms with Crippen LogP contribution in [0.4, 0.5) is 0 Å². The van der Waals surface area contributed by atoms with E-state index in [4.69, 9.17) is 5.11 Å². The van der Waals surface area contributed by atoms with Crippen molar-refractivity contribution in [1.29, 1.82) is 0 Å². The summed E-state index contributed by atoms with van der Waals surface area (Å²) in [4.78, 5) is 25.3. The standard InChI is InChI=1S/C16H27NO3/c1-12(10-13-6-3-2-4-7-13)15(18)17-9-5-8-14(11-17)16(19)20/h12-14H,2-11H2,1H3,(H,19,20)/t12?,14-/m0/s1. The summed E-state index contributed by atoms with van der Waals surface area (Å²) in [7, 11) is 0. The summed E-state index contributed by atoms with van der Waals surface area (Å²) in [6, 6.07) is 0. The van der Waals surface area contributed by atoms with Crippen LogP contribution in [-0.2, 0) is 9.59 Å². The average molecular weight is 281 g/mol. The van der Waals surface area contributed by atoms with Gasteiger partial charge in [0, 0.05) is 19.0 Å². The molecule has 2 atom stereocenters. The fourth-order valence-electron chi connectivity index (χ4n) is 3.71. The van der Waals surface area contributed by atoms with Crippen LogP contribution in [0, 0.1) is 17.8 Å². The number of piperidine rings is 1. The molecule has 2 aliphatic rings. The molecule has 1 aliphatic heterocycles. The van der Waals surface area contributed by atoms with E-state index in [-0.39, 0.29) is 17.7 Å². The molecule has 2 fully saturated rings. The highest BCUT2D eigenvalue weighted by molar-refractivity contribution is 5.79. The molecular weight excluding hydrogens is 254 g/mol. The summed E-state index contributed by atoms with van der Waals surface area (Å²) in [6.07, 6.45) is 8.96. The molecule has 1 aliphatic carbocycles. The van der Waals surface area contributed by atoms with Gasteiger partial charge in [0.2, 0.25) is 5.91 Å². The molecule has 1 N–H and O–H groups in total. The molecule has 4 nitrogen and oxygen atoms in total. The van der Waals surface area contributed by atoms with Gasteiger partial charge in [-0.15, -0.1) is 0 Å². The molecule has 0 aromatic rings. The van der Waals surface area contributed by atoms with Gasteiger partial charge in [0.15, 0.2) is 0 Å². The average Bonchev–Trinajstić information content (AvgIpc) is 2.47. The number of hydrogen-bond acceptors (Lipinski definition) is 2. The second kappa shape index (κ2) is 7.09. The van der Waals surface area contributed by atoms with Crippen molar-refractivity contribution in [2.45, 2.75) is 58.3 Å². The van der Waals surface area contributed by atoms with E-state index in [0.29, 0.717) is 18.9 Å². The van der Waals surface area contributed by atoms with Crippen molar-refractivity contribution in [2.24, 2.45) is 17.8 Å². The zero-order valence-corrected chi connectivity index (χ0v) is 12.5. The fourth-order valence-corrected chi connectivity index (χ4v) is 3.71. The highest BCUT2D eigenvalue weighted by Crippen LogP contribution is 2.30. The predicted molar refractivity (Wildman–Crippen MR) is 77.3 cm³/mol. The molecule has 0 aromatic heterocycles. The molecule has 0 radical (unpaired) electrons. The number of carbonyl (C=O) groups is 2. The molecule has 2 rings (SSSR count). The van der Waals surface area contributed by atoms with Crippen LogP contribution in [0.2, 0.25) is 0 Å². The monoisotopic (exact) mass is 281 g/mol. The van der Waals surface area contributed by atoms with Gasteiger partial charge in [-0.25, -0.2) is 0 Å². The van der Waals surface area contributed by atoms with E-state index in [1.165, 1.54) is 32.1 Å². The number of aliphatic carboxylic acids is 1. The second-order valence-corrected chi connectivity index (χ2v) is 6.60. The largest absolute Gasteiger partial charge is 0.481 e. The van der Waals surface area contributed by atoms with Gasteiger partial charge < -0.3 is 10.0 Å². The van der Waals surface area contributed by atoms with Crippen molar-refractivity contribution in [3.8, 4) is 0 Å². The lowest BCUT2D eigenvalue weighted by Gasteiger charge is -2.33. The van der Waals surface area contributed by atoms with Crippen molar-refractivity contribution in [3.63, 3.8) is 0 Å². The van der Waals surface area contributed by atoms with Crippen LogP contribution in [0.5, 0.6) is 0 Å². The van der Waals surface area contributed by atoms with Crippen LogP contribution >= 0.6 is 0 Å². The lowest BCUT2D eigenvalue weighted by molar-refractivity contribution is -0.146. The van der Waals surface area contributed by atoms with Gasteiger partial charge in [0.25, 0.3) is 0 Å². The van der Waals surface area contributed by atoms with Crippen LogP contribution in [0.3, 0.4) is 0 Å². The second-order valence-electron chi connectivity index (χ2n) is 6.60. The van der Waals surface area contributed by atoms with E-state index < -0.39 is 5.97 Å². The SMILES string of the molecule is CC(CC1CCCCC1)C(=O)N1CCC[C@H](C(=O)O)C1. The maximum atomic E-state index is 12.5. The molecule has 114 valence electrons. The zero-order valence-electron chi connectivity index (χ0n) is 12.5. The van der Waals surface area contributed by atoms with E-state index in [2.05, 4.69) is 0 Å². The van der Waals surface area contributed by atoms with Crippen LogP contribution < -0.4 is 0 Å². The summed E-state index contributed by atoms with van der Waals surface area (Å²) < 4.78 is 0. The topological polar surface area (TPSA) is 57.6 Å². The number of rotatable bonds is 4. The Morgan fingerprint density at radius 3 is 2.50 bits per heavy atom. The third kappa shape index (κ3) is 3.97. The van der Waals surface area contributed by atoms with Gasteiger partial charge in [-0.05, 0) is 25.2 Å². The first-order chi connectivity index (χ1) is 9.58. The minimum Gasteiger partial charge on any atom is -0.481 e. The number of carboxylic acid groups (broad SMARTS) is 1. The van der Waals surface area contributed by atoms with Crippen LogP contribution in [-0.4, -0.2) is 35.0 Å². The Bertz CT molecular complexity index is 350. The minimum atomic E-state index is -0.762. The molecule has 1 unspecified atom stereocenters. The van der Waals surface area contributed by atoms with E-state index in [0.717, 1.165) is 19.4 Å². The molecule has 0 bridgehead atoms. The normalized spacial score (nSPS) is 26.2. The summed E-state index contributed by atoms with van der Waals surface area (Å²) in [6.45, 7) is 3.15. The van der Waals surface area contributed by atoms with Gasteiger partial charge in [0.1, 0.15) is 0 Å². The van der Waals surface area contributed by atoms with Gasteiger partial charge in [0.05, 0.1) is 5.92 Å². The van der Waals surface area contributed by atoms with Gasteiger partial charge in [-0.1, -0.05) is 39.0 Å². The quantitative estimate of drug-likeness (QED) is 0.862. The Kier molecular flexibility index (Phi) is 5.44. The lowest BCUT2D eigenvalue weighted by Crippen LogP contribution is -2.44. The number of hydrogen-bond donors (Lipinski definition) is 1. The van der Waals surface area contributed by atoms with E-state index >= 15 is 0 Å². The third-order valence-electron chi connectivity index (χ3n) is 4.92. The number of amides is 1. The Morgan fingerprint density at radius 2 is 1.85 bits per heavy atom. The van der Waals surface area contributed by atoms with Gasteiger partial charge >= 0.3 is 5.97 Å². The van der Waals surface area contributed by atoms with Crippen LogP contribution in [0.1, 0.15) is 58.3 Å². The fraction of sp³-hybridized carbons (Fsp3) is 0.875. The number of carboxylic acids is 1. The highest BCUT2D eigenvalue weighted by atomic mass is 16.4. The summed E-state index contributed by atoms with van der Waals surface area (Å²) in [5, 5.41) is 9.10. The van der Waals surface area contributed by atoms with E-state index in [9.17, 15) is 9.59 Å². The molecule has 1 saturated heterocycles. The Balaban J connectivity index is 1.84. The first kappa shape index (κ1) is 15.3. The predicted octanol–water partition coefficient (Wildman–Crippen LogP) is 2.92. The third-order valence-corrected chi connectivity index (χ3v) is 4.92. The van der Waals surface area contributed by atoms with Crippen LogP contribution in [0.25, 0.3) is 0 Å². The number of likely N-dealkylation sites (tertiary alicyclic amines) is 1. The molecule has 20 heavy (non-hydrogen) atoms. The van der Waals surface area contributed by atoms with Gasteiger partial charge in [-0.2, -0.15) is 0 Å². The van der Waals surface area contributed by atoms with Crippen molar-refractivity contribution in [1.82, 2.24) is 4.90 Å². The molecule has 1 heterocycles. The Morgan fingerprint density at radius 1 is 1.15 bits per heavy atom. The molecular formula is C16H27NO3. The number of carbonyl (C=O) groups excluding carboxylic acids is 1. The molecule has 4 heteroatoms. The Labute approximate surface area is 121 Å². The molecule has 1 saturated carbocycles. The molecule has 0 spiro atoms. The van der Waals surface area contributed by atoms with Crippen molar-refractivity contribution >= 4 is 11.9 Å². The van der Waals surface area contributed by atoms with E-state index in [1.54, 1.807) is 4.90 Å². The lowest BCUT2D eigenvalue weighted by atomic mass is 9.82. The summed E-state index contributed by atoms with van der Waals surface area (Å²) in [5.74, 6) is -0.216. The maximum Gasteiger partial charge on any atom is 0.308 e. The molecule has 0 aromatic carbocycles. The minimum absolute atomic E-state index is 0.0469. The molecule has 1 amide bonds. The van der Waals surface area contributed by atoms with Gasteiger partial charge in [-0.3, -0.25) is 9.59 Å². The van der Waals surface area contributed by atoms with E-state index in [1.807, 2.05) is 6.92 Å². The van der Waals surface area contributed by atoms with Crippen molar-refractivity contribution in [2.75, 3.05) is 13.1 Å². The van der Waals surface area contributed by atoms with Crippen molar-refractivity contribution in [3.05, 3.63) is 0 Å².